The molecule has 2 heterocycles. The lowest BCUT2D eigenvalue weighted by molar-refractivity contribution is 0.0705. The maximum absolute atomic E-state index is 13.0. The quantitative estimate of drug-likeness (QED) is 0.648. The molecule has 4 nitrogen and oxygen atoms in total. The molecule has 3 aromatic rings. The predicted octanol–water partition coefficient (Wildman–Crippen LogP) is 4.96. The number of nitrogens with zero attached hydrogens (tertiary/aromatic N) is 2. The summed E-state index contributed by atoms with van der Waals surface area (Å²) >= 11 is 7.91. The normalized spacial score (nSPS) is 17.6. The van der Waals surface area contributed by atoms with Crippen molar-refractivity contribution < 1.29 is 4.79 Å². The number of likely N-dealkylation sites (tertiary alicyclic amines) is 1. The van der Waals surface area contributed by atoms with Crippen molar-refractivity contribution in [3.63, 3.8) is 0 Å². The molecule has 1 aliphatic heterocycles. The van der Waals surface area contributed by atoms with Crippen molar-refractivity contribution in [2.24, 2.45) is 0 Å². The number of imidazole rings is 1. The maximum atomic E-state index is 13.0. The van der Waals surface area contributed by atoms with Gasteiger partial charge in [-0.05, 0) is 49.4 Å². The van der Waals surface area contributed by atoms with Crippen LogP contribution in [0.4, 0.5) is 0 Å². The van der Waals surface area contributed by atoms with Crippen molar-refractivity contribution in [3.8, 4) is 0 Å². The third kappa shape index (κ3) is 3.33. The number of benzene rings is 2. The van der Waals surface area contributed by atoms with Crippen molar-refractivity contribution in [1.29, 1.82) is 0 Å². The highest BCUT2D eigenvalue weighted by Gasteiger charge is 2.28. The van der Waals surface area contributed by atoms with Gasteiger partial charge in [-0.1, -0.05) is 23.7 Å². The fourth-order valence-corrected chi connectivity index (χ4v) is 4.15. The van der Waals surface area contributed by atoms with Gasteiger partial charge in [-0.3, -0.25) is 4.79 Å². The molecule has 0 saturated carbocycles. The number of fused-ring (bicyclic) bond motifs is 1. The Kier molecular flexibility index (Phi) is 4.92. The maximum Gasteiger partial charge on any atom is 0.255 e. The van der Waals surface area contributed by atoms with E-state index in [1.54, 1.807) is 17.8 Å². The van der Waals surface area contributed by atoms with Gasteiger partial charge in [0.15, 0.2) is 0 Å². The molecule has 1 aliphatic rings. The molecule has 1 unspecified atom stereocenters. The van der Waals surface area contributed by atoms with E-state index in [1.165, 1.54) is 0 Å². The number of carbonyl (C=O) groups is 1. The number of thioether (sulfide) groups is 1. The second kappa shape index (κ2) is 7.33. The zero-order chi connectivity index (χ0) is 18.1. The van der Waals surface area contributed by atoms with Crippen molar-refractivity contribution >= 4 is 40.3 Å². The van der Waals surface area contributed by atoms with E-state index in [9.17, 15) is 4.79 Å². The summed E-state index contributed by atoms with van der Waals surface area (Å²) in [6, 6.07) is 13.7. The van der Waals surface area contributed by atoms with E-state index < -0.39 is 0 Å². The largest absolute Gasteiger partial charge is 0.342 e. The van der Waals surface area contributed by atoms with Crippen LogP contribution in [0.1, 0.15) is 34.9 Å². The molecular formula is C20H20ClN3OS. The van der Waals surface area contributed by atoms with E-state index >= 15 is 0 Å². The van der Waals surface area contributed by atoms with Crippen molar-refractivity contribution in [3.05, 3.63) is 58.9 Å². The van der Waals surface area contributed by atoms with Gasteiger partial charge in [0.05, 0.1) is 21.6 Å². The van der Waals surface area contributed by atoms with Gasteiger partial charge in [0, 0.05) is 23.9 Å². The number of H-pyrrole nitrogens is 1. The third-order valence-electron chi connectivity index (χ3n) is 4.91. The summed E-state index contributed by atoms with van der Waals surface area (Å²) in [6.45, 7) is 1.42. The molecule has 6 heteroatoms. The summed E-state index contributed by atoms with van der Waals surface area (Å²) in [5.74, 6) is 1.20. The lowest BCUT2D eigenvalue weighted by atomic mass is 9.96. The number of halogens is 1. The van der Waals surface area contributed by atoms with Gasteiger partial charge in [0.2, 0.25) is 0 Å². The first-order valence-corrected chi connectivity index (χ1v) is 10.3. The lowest BCUT2D eigenvalue weighted by Crippen LogP contribution is -2.39. The zero-order valence-corrected chi connectivity index (χ0v) is 16.1. The summed E-state index contributed by atoms with van der Waals surface area (Å²) in [6.07, 6.45) is 3.99. The minimum Gasteiger partial charge on any atom is -0.342 e. The van der Waals surface area contributed by atoms with E-state index in [0.717, 1.165) is 41.1 Å². The molecule has 1 fully saturated rings. The lowest BCUT2D eigenvalue weighted by Gasteiger charge is -2.32. The molecular weight excluding hydrogens is 366 g/mol. The highest BCUT2D eigenvalue weighted by molar-refractivity contribution is 7.98. The second-order valence-electron chi connectivity index (χ2n) is 6.58. The average Bonchev–Trinajstić information content (AvgIpc) is 3.12. The molecule has 26 heavy (non-hydrogen) atoms. The molecule has 1 saturated heterocycles. The van der Waals surface area contributed by atoms with Crippen LogP contribution in [0.2, 0.25) is 5.02 Å². The Labute approximate surface area is 161 Å². The Balaban J connectivity index is 1.57. The van der Waals surface area contributed by atoms with Crippen LogP contribution in [0, 0.1) is 0 Å². The Morgan fingerprint density at radius 3 is 2.96 bits per heavy atom. The first-order valence-electron chi connectivity index (χ1n) is 8.73. The van der Waals surface area contributed by atoms with Crippen molar-refractivity contribution in [2.75, 3.05) is 19.3 Å². The van der Waals surface area contributed by atoms with Gasteiger partial charge in [-0.25, -0.2) is 4.98 Å². The molecule has 1 amide bonds. The molecule has 134 valence electrons. The van der Waals surface area contributed by atoms with Crippen molar-refractivity contribution in [1.82, 2.24) is 14.9 Å². The topological polar surface area (TPSA) is 49.0 Å². The van der Waals surface area contributed by atoms with Gasteiger partial charge >= 0.3 is 0 Å². The predicted molar refractivity (Wildman–Crippen MR) is 107 cm³/mol. The molecule has 1 N–H and O–H groups in total. The van der Waals surface area contributed by atoms with Crippen LogP contribution in [0.3, 0.4) is 0 Å². The number of amides is 1. The van der Waals surface area contributed by atoms with E-state index in [4.69, 9.17) is 16.6 Å². The number of carbonyl (C=O) groups excluding carboxylic acids is 1. The number of aromatic amines is 1. The fourth-order valence-electron chi connectivity index (χ4n) is 3.52. The van der Waals surface area contributed by atoms with Crippen LogP contribution in [-0.4, -0.2) is 40.1 Å². The Hall–Kier alpha value is -1.98. The number of aromatic nitrogens is 2. The van der Waals surface area contributed by atoms with E-state index in [1.807, 2.05) is 47.6 Å². The molecule has 1 aromatic heterocycles. The highest BCUT2D eigenvalue weighted by atomic mass is 35.5. The van der Waals surface area contributed by atoms with Gasteiger partial charge in [-0.15, -0.1) is 11.8 Å². The number of rotatable bonds is 3. The van der Waals surface area contributed by atoms with Gasteiger partial charge in [0.25, 0.3) is 5.91 Å². The minimum absolute atomic E-state index is 0.00621. The summed E-state index contributed by atoms with van der Waals surface area (Å²) in [5.41, 5.74) is 2.60. The van der Waals surface area contributed by atoms with Crippen LogP contribution in [0.25, 0.3) is 11.0 Å². The molecule has 1 atom stereocenters. The minimum atomic E-state index is 0.00621. The Morgan fingerprint density at radius 2 is 2.15 bits per heavy atom. The number of para-hydroxylation sites is 2. The molecule has 4 rings (SSSR count). The van der Waals surface area contributed by atoms with Crippen LogP contribution < -0.4 is 0 Å². The third-order valence-corrected chi connectivity index (χ3v) is 5.96. The monoisotopic (exact) mass is 385 g/mol. The summed E-state index contributed by atoms with van der Waals surface area (Å²) in [5, 5.41) is 0.513. The number of piperidine rings is 1. The Bertz CT molecular complexity index is 922. The van der Waals surface area contributed by atoms with E-state index in [2.05, 4.69) is 4.98 Å². The average molecular weight is 386 g/mol. The summed E-state index contributed by atoms with van der Waals surface area (Å²) in [4.78, 5) is 24.1. The van der Waals surface area contributed by atoms with Gasteiger partial charge in [-0.2, -0.15) is 0 Å². The number of hydrogen-bond donors (Lipinski definition) is 1. The molecule has 0 bridgehead atoms. The highest BCUT2D eigenvalue weighted by Crippen LogP contribution is 2.30. The van der Waals surface area contributed by atoms with Crippen LogP contribution in [0.15, 0.2) is 47.4 Å². The molecule has 0 radical (unpaired) electrons. The van der Waals surface area contributed by atoms with Gasteiger partial charge in [0.1, 0.15) is 5.82 Å². The van der Waals surface area contributed by atoms with Crippen molar-refractivity contribution in [2.45, 2.75) is 23.7 Å². The zero-order valence-electron chi connectivity index (χ0n) is 14.5. The SMILES string of the molecule is CSc1ccc(Cl)c(C(=O)N2CCCC(c3nc4ccccc4[nH]3)C2)c1. The Morgan fingerprint density at radius 1 is 1.31 bits per heavy atom. The first kappa shape index (κ1) is 17.4. The molecule has 0 spiro atoms. The van der Waals surface area contributed by atoms with E-state index in [-0.39, 0.29) is 11.8 Å². The standard InChI is InChI=1S/C20H20ClN3OS/c1-26-14-8-9-16(21)15(11-14)20(25)24-10-4-5-13(12-24)19-22-17-6-2-3-7-18(17)23-19/h2-3,6-9,11,13H,4-5,10,12H2,1H3,(H,22,23). The number of hydrogen-bond acceptors (Lipinski definition) is 3. The summed E-state index contributed by atoms with van der Waals surface area (Å²) < 4.78 is 0. The van der Waals surface area contributed by atoms with E-state index in [0.29, 0.717) is 17.1 Å². The summed E-state index contributed by atoms with van der Waals surface area (Å²) in [7, 11) is 0. The van der Waals surface area contributed by atoms with Crippen LogP contribution >= 0.6 is 23.4 Å². The smallest absolute Gasteiger partial charge is 0.255 e. The van der Waals surface area contributed by atoms with Crippen LogP contribution in [-0.2, 0) is 0 Å². The van der Waals surface area contributed by atoms with Gasteiger partial charge < -0.3 is 9.88 Å². The molecule has 0 aliphatic carbocycles. The fraction of sp³-hybridized carbons (Fsp3) is 0.300. The number of nitrogens with one attached hydrogen (secondary N) is 1. The first-order chi connectivity index (χ1) is 12.7. The molecule has 2 aromatic carbocycles. The van der Waals surface area contributed by atoms with Crippen LogP contribution in [0.5, 0.6) is 0 Å². The second-order valence-corrected chi connectivity index (χ2v) is 7.86.